The molecule has 4 aliphatic heterocycles. The fraction of sp³-hybridized carbons (Fsp3) is 0.306. The zero-order valence-corrected chi connectivity index (χ0v) is 61.0. The van der Waals surface area contributed by atoms with Crippen LogP contribution in [0.1, 0.15) is 96.5 Å². The van der Waals surface area contributed by atoms with Crippen molar-refractivity contribution in [2.75, 3.05) is 75.9 Å². The number of halogens is 7. The zero-order valence-electron chi connectivity index (χ0n) is 54.6. The minimum atomic E-state index is -4.65. The molecule has 518 valence electrons. The number of para-hydroxylation sites is 4. The van der Waals surface area contributed by atoms with Crippen LogP contribution >= 0.6 is 86.2 Å². The maximum absolute atomic E-state index is 13.9. The number of ether oxygens (including phenoxy) is 1. The zero-order chi connectivity index (χ0) is 71.1. The van der Waals surface area contributed by atoms with Crippen molar-refractivity contribution in [3.63, 3.8) is 0 Å². The van der Waals surface area contributed by atoms with Gasteiger partial charge in [0, 0.05) is 78.2 Å². The van der Waals surface area contributed by atoms with Gasteiger partial charge in [0.1, 0.15) is 15.1 Å². The van der Waals surface area contributed by atoms with Gasteiger partial charge in [0.05, 0.1) is 61.9 Å². The quantitative estimate of drug-likeness (QED) is 0.0612. The van der Waals surface area contributed by atoms with E-state index in [2.05, 4.69) is 77.9 Å². The van der Waals surface area contributed by atoms with Gasteiger partial charge in [-0.3, -0.25) is 19.2 Å². The van der Waals surface area contributed by atoms with E-state index in [4.69, 9.17) is 28.3 Å². The highest BCUT2D eigenvalue weighted by atomic mass is 79.9. The fourth-order valence-electron chi connectivity index (χ4n) is 11.8. The topological polar surface area (TPSA) is 196 Å². The fourth-order valence-corrected chi connectivity index (χ4v) is 15.6. The van der Waals surface area contributed by atoms with Crippen molar-refractivity contribution in [2.45, 2.75) is 105 Å². The number of benzene rings is 4. The first-order valence-corrected chi connectivity index (χ1v) is 36.9. The minimum Gasteiger partial charge on any atom is -0.478 e. The number of carbonyl (C=O) groups is 6. The van der Waals surface area contributed by atoms with Gasteiger partial charge in [0.15, 0.2) is 5.82 Å². The molecular weight excluding hydrogens is 1460 g/mol. The van der Waals surface area contributed by atoms with E-state index in [1.165, 1.54) is 89.2 Å². The Morgan fingerprint density at radius 3 is 1.21 bits per heavy atom. The number of hydrogen-bond donors (Lipinski definition) is 1. The SMILES string of the molecule is COC(=O)c1cnc(SCC(=O)N2CCCc3cccc(C)c32)c(Cl)c1.Cc1cccc2c1N(C(=O)CSc1ccc(Br)cn1)CCC2.Cc1cccc2c1N(C(=O)CSc1ncc(C(=O)O)cc1Cl)CCC2.Cc1cccc2c1N(C(=O)CSc1ncc(C(F)(F)F)cc1F)CCC2. The Morgan fingerprint density at radius 1 is 0.505 bits per heavy atom. The molecule has 4 aromatic heterocycles. The molecule has 0 fully saturated rings. The van der Waals surface area contributed by atoms with Crippen molar-refractivity contribution in [2.24, 2.45) is 0 Å². The summed E-state index contributed by atoms with van der Waals surface area (Å²) in [5, 5.41) is 11.2. The molecule has 4 amide bonds. The summed E-state index contributed by atoms with van der Waals surface area (Å²) < 4.78 is 57.1. The van der Waals surface area contributed by atoms with E-state index in [0.29, 0.717) is 46.2 Å². The van der Waals surface area contributed by atoms with Gasteiger partial charge < -0.3 is 29.4 Å². The van der Waals surface area contributed by atoms with Crippen molar-refractivity contribution >= 4 is 144 Å². The summed E-state index contributed by atoms with van der Waals surface area (Å²) in [5.74, 6) is -1.92. The highest BCUT2D eigenvalue weighted by Gasteiger charge is 2.33. The molecule has 0 atom stereocenters. The molecule has 8 aromatic rings. The second kappa shape index (κ2) is 35.2. The van der Waals surface area contributed by atoms with Gasteiger partial charge >= 0.3 is 18.1 Å². The second-order valence-electron chi connectivity index (χ2n) is 23.2. The molecule has 4 aromatic carbocycles. The molecule has 4 aliphatic rings. The molecule has 0 saturated heterocycles. The Morgan fingerprint density at radius 2 is 0.869 bits per heavy atom. The third-order valence-corrected chi connectivity index (χ3v) is 21.5. The largest absolute Gasteiger partial charge is 0.478 e. The van der Waals surface area contributed by atoms with Crippen LogP contribution in [0.2, 0.25) is 10.0 Å². The molecule has 0 unspecified atom stereocenters. The van der Waals surface area contributed by atoms with Gasteiger partial charge in [-0.05, 0) is 170 Å². The average molecular weight is 1530 g/mol. The Kier molecular flexibility index (Phi) is 26.9. The molecule has 12 rings (SSSR count). The minimum absolute atomic E-state index is 0.000396. The first kappa shape index (κ1) is 75.7. The first-order chi connectivity index (χ1) is 47.4. The molecule has 0 bridgehead atoms. The summed E-state index contributed by atoms with van der Waals surface area (Å²) >= 11 is 20.4. The predicted molar refractivity (Wildman–Crippen MR) is 388 cm³/mol. The van der Waals surface area contributed by atoms with Crippen LogP contribution in [0, 0.1) is 33.5 Å². The monoisotopic (exact) mass is 1530 g/mol. The summed E-state index contributed by atoms with van der Waals surface area (Å²) in [5.41, 5.74) is 12.4. The van der Waals surface area contributed by atoms with E-state index < -0.39 is 29.5 Å². The molecule has 99 heavy (non-hydrogen) atoms. The van der Waals surface area contributed by atoms with Crippen LogP contribution in [0.4, 0.5) is 40.3 Å². The van der Waals surface area contributed by atoms with Crippen LogP contribution < -0.4 is 19.6 Å². The normalized spacial score (nSPS) is 13.7. The second-order valence-corrected chi connectivity index (χ2v) is 28.8. The van der Waals surface area contributed by atoms with Crippen molar-refractivity contribution in [3.05, 3.63) is 209 Å². The number of aryl methyl sites for hydroxylation is 8. The maximum Gasteiger partial charge on any atom is 0.417 e. The number of hydrogen-bond acceptors (Lipinski definition) is 15. The number of aromatic nitrogens is 4. The van der Waals surface area contributed by atoms with Gasteiger partial charge in [-0.2, -0.15) is 13.2 Å². The molecule has 0 spiro atoms. The van der Waals surface area contributed by atoms with Crippen molar-refractivity contribution in [3.8, 4) is 0 Å². The third-order valence-electron chi connectivity index (χ3n) is 16.3. The number of anilines is 4. The van der Waals surface area contributed by atoms with Crippen LogP contribution in [0.25, 0.3) is 0 Å². The van der Waals surface area contributed by atoms with Gasteiger partial charge in [-0.25, -0.2) is 33.9 Å². The number of alkyl halides is 3. The third kappa shape index (κ3) is 19.7. The van der Waals surface area contributed by atoms with Crippen molar-refractivity contribution < 1.29 is 56.2 Å². The van der Waals surface area contributed by atoms with Gasteiger partial charge in [-0.1, -0.05) is 143 Å². The number of fused-ring (bicyclic) bond motifs is 4. The summed E-state index contributed by atoms with van der Waals surface area (Å²) in [6, 6.07) is 31.5. The lowest BCUT2D eigenvalue weighted by Gasteiger charge is -2.31. The Labute approximate surface area is 606 Å². The number of esters is 1. The summed E-state index contributed by atoms with van der Waals surface area (Å²) in [6.45, 7) is 10.9. The van der Waals surface area contributed by atoms with Crippen LogP contribution in [0.15, 0.2) is 152 Å². The maximum atomic E-state index is 13.9. The summed E-state index contributed by atoms with van der Waals surface area (Å²) in [4.78, 5) is 96.5. The van der Waals surface area contributed by atoms with E-state index in [1.807, 2.05) is 90.1 Å². The molecule has 0 radical (unpaired) electrons. The van der Waals surface area contributed by atoms with E-state index in [-0.39, 0.29) is 62.1 Å². The molecule has 8 heterocycles. The van der Waals surface area contributed by atoms with Gasteiger partial charge in [-0.15, -0.1) is 0 Å². The van der Waals surface area contributed by atoms with Crippen molar-refractivity contribution in [1.29, 1.82) is 0 Å². The van der Waals surface area contributed by atoms with Crippen LogP contribution in [0.3, 0.4) is 0 Å². The van der Waals surface area contributed by atoms with Crippen LogP contribution in [-0.2, 0) is 55.8 Å². The molecule has 16 nitrogen and oxygen atoms in total. The number of nitrogens with zero attached hydrogens (tertiary/aromatic N) is 8. The number of carbonyl (C=O) groups excluding carboxylic acids is 5. The number of amides is 4. The summed E-state index contributed by atoms with van der Waals surface area (Å²) in [6.07, 6.45) is 8.04. The predicted octanol–water partition coefficient (Wildman–Crippen LogP) is 16.6. The molecule has 0 aliphatic carbocycles. The number of thioether (sulfide) groups is 4. The number of methoxy groups -OCH3 is 1. The Hall–Kier alpha value is -7.52. The van der Waals surface area contributed by atoms with E-state index in [1.54, 1.807) is 11.1 Å². The summed E-state index contributed by atoms with van der Waals surface area (Å²) in [7, 11) is 1.30. The lowest BCUT2D eigenvalue weighted by molar-refractivity contribution is -0.138. The number of carboxylic acid groups (broad SMARTS) is 1. The number of pyridine rings is 4. The van der Waals surface area contributed by atoms with Crippen molar-refractivity contribution in [1.82, 2.24) is 19.9 Å². The first-order valence-electron chi connectivity index (χ1n) is 31.4. The molecule has 0 saturated carbocycles. The molecular formula is C72H69BrCl2F4N8O8S4. The highest BCUT2D eigenvalue weighted by molar-refractivity contribution is 9.10. The van der Waals surface area contributed by atoms with E-state index >= 15 is 0 Å². The van der Waals surface area contributed by atoms with Crippen LogP contribution in [-0.4, -0.2) is 117 Å². The highest BCUT2D eigenvalue weighted by Crippen LogP contribution is 2.38. The lowest BCUT2D eigenvalue weighted by Crippen LogP contribution is -2.37. The Balaban J connectivity index is 0.000000154. The average Bonchev–Trinajstić information content (AvgIpc) is 0.823. The lowest BCUT2D eigenvalue weighted by atomic mass is 9.98. The Bertz CT molecular complexity index is 4320. The number of rotatable bonds is 14. The smallest absolute Gasteiger partial charge is 0.417 e. The standard InChI is InChI=1S/C19H19ClN2O3S.C18H17ClN2O3S.C18H16F4N2OS.C17H17BrN2OS/c1-12-5-3-6-13-7-4-8-22(17(12)13)16(23)11-26-18-15(20)9-14(10-21-18)19(24)25-2;1-11-4-2-5-12-6-3-7-21(16(11)12)15(22)10-25-17-14(19)8-13(9-20-17)18(23)24;1-11-4-2-5-12-6-3-7-24(16(11)12)15(25)10-26-17-14(19)8-13(9-23-17)18(20,21)22;1-12-4-2-5-13-6-3-9-20(17(12)13)16(21)11-22-15-8-7-14(18)10-19-15/h3,5-6,9-10H,4,7-8,11H2,1-2H3;2,4-5,8-9H,3,6-7,10H2,1H3,(H,23,24);2,4-5,8-9H,3,6-7,10H2,1H3;2,4-5,7-8,10H,3,6,9,11H2,1H3. The van der Waals surface area contributed by atoms with E-state index in [9.17, 15) is 46.3 Å². The van der Waals surface area contributed by atoms with Crippen LogP contribution in [0.5, 0.6) is 0 Å². The van der Waals surface area contributed by atoms with E-state index in [0.717, 1.165) is 131 Å². The van der Waals surface area contributed by atoms with Gasteiger partial charge in [0.25, 0.3) is 0 Å². The number of carboxylic acids is 1. The number of aromatic carboxylic acids is 1. The van der Waals surface area contributed by atoms with Gasteiger partial charge in [0.2, 0.25) is 23.6 Å². The molecule has 1 N–H and O–H groups in total. The molecule has 27 heteroatoms.